The molecule has 4 aliphatic rings. The second-order valence-corrected chi connectivity index (χ2v) is 14.2. The molecular formula is C27H40O6Ti. The van der Waals surface area contributed by atoms with Crippen LogP contribution in [0.1, 0.15) is 110 Å². The van der Waals surface area contributed by atoms with Crippen molar-refractivity contribution in [3.05, 3.63) is 21.6 Å². The van der Waals surface area contributed by atoms with E-state index in [0.29, 0.717) is 6.42 Å². The predicted molar refractivity (Wildman–Crippen MR) is 124 cm³/mol. The van der Waals surface area contributed by atoms with Crippen LogP contribution in [0.3, 0.4) is 0 Å². The van der Waals surface area contributed by atoms with Gasteiger partial charge in [0.25, 0.3) is 0 Å². The van der Waals surface area contributed by atoms with E-state index in [1.165, 1.54) is 0 Å². The molecule has 0 aliphatic heterocycles. The van der Waals surface area contributed by atoms with Gasteiger partial charge >= 0.3 is 209 Å². The van der Waals surface area contributed by atoms with E-state index in [1.807, 2.05) is 19.1 Å². The van der Waals surface area contributed by atoms with Crippen LogP contribution in [-0.2, 0) is 42.1 Å². The van der Waals surface area contributed by atoms with Gasteiger partial charge in [-0.25, -0.2) is 0 Å². The molecule has 0 amide bonds. The van der Waals surface area contributed by atoms with Crippen molar-refractivity contribution < 1.29 is 42.1 Å². The summed E-state index contributed by atoms with van der Waals surface area (Å²) in [5.41, 5.74) is 0.893. The number of rotatable bonds is 7. The van der Waals surface area contributed by atoms with Crippen molar-refractivity contribution in [2.75, 3.05) is 0 Å². The normalized spacial score (nSPS) is 23.1. The Morgan fingerprint density at radius 2 is 1.00 bits per heavy atom. The molecule has 0 saturated heterocycles. The van der Waals surface area contributed by atoms with E-state index < -0.39 is 17.8 Å². The average Bonchev–Trinajstić information content (AvgIpc) is 3.32. The molecule has 3 fully saturated rings. The van der Waals surface area contributed by atoms with Crippen LogP contribution in [0.4, 0.5) is 0 Å². The topological polar surface area (TPSA) is 78.9 Å². The van der Waals surface area contributed by atoms with E-state index in [-0.39, 0.29) is 35.7 Å². The van der Waals surface area contributed by atoms with Crippen LogP contribution in [0.25, 0.3) is 0 Å². The van der Waals surface area contributed by atoms with Gasteiger partial charge in [0, 0.05) is 0 Å². The summed E-state index contributed by atoms with van der Waals surface area (Å²) in [5, 5.41) is 0. The number of allylic oxidation sites excluding steroid dienone is 4. The molecule has 0 aromatic rings. The molecule has 0 aromatic carbocycles. The van der Waals surface area contributed by atoms with Gasteiger partial charge < -0.3 is 0 Å². The Hall–Kier alpha value is -1.40. The van der Waals surface area contributed by atoms with Gasteiger partial charge in [-0.2, -0.15) is 0 Å². The number of hydrogen-bond donors (Lipinski definition) is 0. The maximum absolute atomic E-state index is 13.4. The standard InChI is InChI=1S/3C7H12O2.C6H7.Ti/c3*8-7(9)6-4-2-1-3-5-6;1-6-4-2-3-5-6;/h3*6H,1-5H2,(H,8,9);2,4H,3H2,1H3;/q;;;;+3/p-3. The summed E-state index contributed by atoms with van der Waals surface area (Å²) in [6.07, 6.45) is 18.4. The summed E-state index contributed by atoms with van der Waals surface area (Å²) in [6.45, 7) is 1.93. The number of carbonyl (C=O) groups is 3. The van der Waals surface area contributed by atoms with Crippen molar-refractivity contribution >= 4 is 17.9 Å². The van der Waals surface area contributed by atoms with Crippen molar-refractivity contribution in [3.8, 4) is 0 Å². The predicted octanol–water partition coefficient (Wildman–Crippen LogP) is 6.49. The van der Waals surface area contributed by atoms with Crippen molar-refractivity contribution in [1.29, 1.82) is 0 Å². The first-order valence-corrected chi connectivity index (χ1v) is 16.2. The molecule has 188 valence electrons. The zero-order chi connectivity index (χ0) is 24.0. The quantitative estimate of drug-likeness (QED) is 0.366. The van der Waals surface area contributed by atoms with E-state index >= 15 is 0 Å². The summed E-state index contributed by atoms with van der Waals surface area (Å²) in [4.78, 5) is 40.2. The zero-order valence-corrected chi connectivity index (χ0v) is 22.2. The SMILES string of the molecule is CC1=[C]([Ti]([O]C(=O)C2CCCCC2)([O]C(=O)C2CCCCC2)[O]C(=O)C2CCCCC2)CC=C1. The second-order valence-electron chi connectivity index (χ2n) is 10.6. The number of hydrogen-bond acceptors (Lipinski definition) is 6. The molecule has 0 radical (unpaired) electrons. The molecule has 34 heavy (non-hydrogen) atoms. The Balaban J connectivity index is 1.63. The van der Waals surface area contributed by atoms with E-state index in [0.717, 1.165) is 106 Å². The van der Waals surface area contributed by atoms with Gasteiger partial charge in [0.2, 0.25) is 0 Å². The molecule has 0 N–H and O–H groups in total. The van der Waals surface area contributed by atoms with Crippen LogP contribution in [0.5, 0.6) is 0 Å². The third kappa shape index (κ3) is 6.23. The van der Waals surface area contributed by atoms with Gasteiger partial charge in [0.15, 0.2) is 0 Å². The van der Waals surface area contributed by atoms with Crippen LogP contribution in [-0.4, -0.2) is 17.9 Å². The Bertz CT molecular complexity index is 734. The van der Waals surface area contributed by atoms with Crippen LogP contribution < -0.4 is 0 Å². The van der Waals surface area contributed by atoms with Crippen LogP contribution >= 0.6 is 0 Å². The first-order valence-electron chi connectivity index (χ1n) is 13.5. The minimum absolute atomic E-state index is 0.212. The summed E-state index contributed by atoms with van der Waals surface area (Å²) in [7, 11) is 0. The first-order chi connectivity index (χ1) is 16.5. The molecule has 3 saturated carbocycles. The first kappa shape index (κ1) is 25.7. The third-order valence-corrected chi connectivity index (χ3v) is 12.3. The van der Waals surface area contributed by atoms with Crippen LogP contribution in [0.2, 0.25) is 0 Å². The van der Waals surface area contributed by atoms with E-state index in [9.17, 15) is 14.4 Å². The summed E-state index contributed by atoms with van der Waals surface area (Å²) in [6, 6.07) is 0. The van der Waals surface area contributed by atoms with Crippen molar-refractivity contribution in [3.63, 3.8) is 0 Å². The summed E-state index contributed by atoms with van der Waals surface area (Å²) < 4.78 is 19.4. The molecule has 0 bridgehead atoms. The van der Waals surface area contributed by atoms with E-state index in [2.05, 4.69) is 0 Å². The third-order valence-electron chi connectivity index (χ3n) is 8.06. The Kier molecular flexibility index (Phi) is 9.09. The van der Waals surface area contributed by atoms with E-state index in [4.69, 9.17) is 9.96 Å². The molecule has 4 aliphatic carbocycles. The van der Waals surface area contributed by atoms with Crippen LogP contribution in [0.15, 0.2) is 21.6 Å². The van der Waals surface area contributed by atoms with Gasteiger partial charge in [0.05, 0.1) is 0 Å². The molecule has 0 heterocycles. The zero-order valence-electron chi connectivity index (χ0n) is 20.6. The van der Waals surface area contributed by atoms with Gasteiger partial charge in [-0.15, -0.1) is 0 Å². The Morgan fingerprint density at radius 3 is 1.29 bits per heavy atom. The molecule has 7 heteroatoms. The fraction of sp³-hybridized carbons (Fsp3) is 0.741. The van der Waals surface area contributed by atoms with E-state index in [1.54, 1.807) is 0 Å². The van der Waals surface area contributed by atoms with Gasteiger partial charge in [-0.1, -0.05) is 0 Å². The van der Waals surface area contributed by atoms with Crippen molar-refractivity contribution in [2.24, 2.45) is 17.8 Å². The average molecular weight is 508 g/mol. The Labute approximate surface area is 208 Å². The summed E-state index contributed by atoms with van der Waals surface area (Å²) >= 11 is -4.80. The monoisotopic (exact) mass is 508 g/mol. The van der Waals surface area contributed by atoms with Gasteiger partial charge in [-0.3, -0.25) is 0 Å². The van der Waals surface area contributed by atoms with Gasteiger partial charge in [0.1, 0.15) is 0 Å². The van der Waals surface area contributed by atoms with Gasteiger partial charge in [-0.05, 0) is 0 Å². The van der Waals surface area contributed by atoms with Crippen LogP contribution in [0, 0.1) is 17.8 Å². The minimum atomic E-state index is -4.80. The second kappa shape index (κ2) is 12.0. The molecular weight excluding hydrogens is 468 g/mol. The number of carbonyl (C=O) groups excluding carboxylic acids is 3. The Morgan fingerprint density at radius 1 is 0.647 bits per heavy atom. The molecule has 0 spiro atoms. The van der Waals surface area contributed by atoms with Crippen molar-refractivity contribution in [2.45, 2.75) is 110 Å². The fourth-order valence-corrected chi connectivity index (χ4v) is 10.1. The molecule has 0 atom stereocenters. The molecule has 0 unspecified atom stereocenters. The summed E-state index contributed by atoms with van der Waals surface area (Å²) in [5.74, 6) is -1.68. The van der Waals surface area contributed by atoms with Crippen molar-refractivity contribution in [1.82, 2.24) is 0 Å². The molecule has 4 rings (SSSR count). The molecule has 0 aromatic heterocycles. The molecule has 6 nitrogen and oxygen atoms in total. The maximum atomic E-state index is 13.4. The fourth-order valence-electron chi connectivity index (χ4n) is 5.89.